The number of hydrogen-bond donors (Lipinski definition) is 1. The molecule has 0 spiro atoms. The lowest BCUT2D eigenvalue weighted by molar-refractivity contribution is 0.349. The zero-order valence-electron chi connectivity index (χ0n) is 10.9. The van der Waals surface area contributed by atoms with Crippen LogP contribution in [0.3, 0.4) is 0 Å². The molecule has 0 aliphatic heterocycles. The minimum absolute atomic E-state index is 0.125. The van der Waals surface area contributed by atoms with Crippen molar-refractivity contribution in [3.63, 3.8) is 0 Å². The Balaban J connectivity index is 2.28. The quantitative estimate of drug-likeness (QED) is 0.900. The lowest BCUT2D eigenvalue weighted by atomic mass is 10.0. The van der Waals surface area contributed by atoms with Gasteiger partial charge in [0.15, 0.2) is 11.5 Å². The van der Waals surface area contributed by atoms with Crippen LogP contribution in [0.4, 0.5) is 0 Å². The van der Waals surface area contributed by atoms with Gasteiger partial charge in [0.25, 0.3) is 0 Å². The SMILES string of the molecule is COc1cccc(C(N)Cc2sccc2Br)c1OC. The molecule has 19 heavy (non-hydrogen) atoms. The van der Waals surface area contributed by atoms with Crippen molar-refractivity contribution in [2.24, 2.45) is 5.73 Å². The molecule has 3 nitrogen and oxygen atoms in total. The third-order valence-corrected chi connectivity index (χ3v) is 4.88. The third-order valence-electron chi connectivity index (χ3n) is 2.93. The van der Waals surface area contributed by atoms with E-state index in [2.05, 4.69) is 21.3 Å². The largest absolute Gasteiger partial charge is 0.493 e. The van der Waals surface area contributed by atoms with E-state index in [1.807, 2.05) is 24.3 Å². The summed E-state index contributed by atoms with van der Waals surface area (Å²) in [5.41, 5.74) is 7.27. The lowest BCUT2D eigenvalue weighted by Gasteiger charge is -2.17. The molecule has 0 amide bonds. The highest BCUT2D eigenvalue weighted by atomic mass is 79.9. The molecule has 0 radical (unpaired) electrons. The fraction of sp³-hybridized carbons (Fsp3) is 0.286. The van der Waals surface area contributed by atoms with Gasteiger partial charge in [-0.3, -0.25) is 0 Å². The Labute approximate surface area is 125 Å². The average molecular weight is 342 g/mol. The van der Waals surface area contributed by atoms with Crippen LogP contribution in [-0.4, -0.2) is 14.2 Å². The molecule has 1 atom stereocenters. The van der Waals surface area contributed by atoms with E-state index in [1.54, 1.807) is 25.6 Å². The summed E-state index contributed by atoms with van der Waals surface area (Å²) in [6.07, 6.45) is 0.766. The van der Waals surface area contributed by atoms with Crippen LogP contribution in [0.25, 0.3) is 0 Å². The van der Waals surface area contributed by atoms with Gasteiger partial charge in [-0.25, -0.2) is 0 Å². The molecule has 2 rings (SSSR count). The first-order chi connectivity index (χ1) is 9.17. The van der Waals surface area contributed by atoms with Crippen molar-refractivity contribution in [1.29, 1.82) is 0 Å². The fourth-order valence-electron chi connectivity index (χ4n) is 1.98. The number of methoxy groups -OCH3 is 2. The Morgan fingerprint density at radius 3 is 2.63 bits per heavy atom. The molecule has 1 unspecified atom stereocenters. The fourth-order valence-corrected chi connectivity index (χ4v) is 3.56. The lowest BCUT2D eigenvalue weighted by Crippen LogP contribution is -2.14. The van der Waals surface area contributed by atoms with Crippen LogP contribution in [0.5, 0.6) is 11.5 Å². The average Bonchev–Trinajstić information content (AvgIpc) is 2.83. The van der Waals surface area contributed by atoms with Crippen LogP contribution in [0.2, 0.25) is 0 Å². The van der Waals surface area contributed by atoms with Crippen LogP contribution in [-0.2, 0) is 6.42 Å². The number of thiophene rings is 1. The maximum atomic E-state index is 6.31. The summed E-state index contributed by atoms with van der Waals surface area (Å²) in [5, 5.41) is 2.05. The van der Waals surface area contributed by atoms with Gasteiger partial charge in [-0.15, -0.1) is 11.3 Å². The van der Waals surface area contributed by atoms with Gasteiger partial charge in [0.1, 0.15) is 0 Å². The summed E-state index contributed by atoms with van der Waals surface area (Å²) in [7, 11) is 3.26. The zero-order chi connectivity index (χ0) is 13.8. The molecule has 5 heteroatoms. The van der Waals surface area contributed by atoms with Crippen LogP contribution in [0.1, 0.15) is 16.5 Å². The topological polar surface area (TPSA) is 44.5 Å². The normalized spacial score (nSPS) is 12.2. The third kappa shape index (κ3) is 3.11. The summed E-state index contributed by atoms with van der Waals surface area (Å²) < 4.78 is 11.8. The number of halogens is 1. The Bertz CT molecular complexity index is 556. The maximum Gasteiger partial charge on any atom is 0.165 e. The van der Waals surface area contributed by atoms with E-state index in [0.29, 0.717) is 11.5 Å². The molecular formula is C14H16BrNO2S. The van der Waals surface area contributed by atoms with Crippen molar-refractivity contribution in [2.45, 2.75) is 12.5 Å². The highest BCUT2D eigenvalue weighted by Crippen LogP contribution is 2.36. The predicted octanol–water partition coefficient (Wildman–Crippen LogP) is 3.77. The molecule has 102 valence electrons. The van der Waals surface area contributed by atoms with Gasteiger partial charge in [-0.05, 0) is 33.4 Å². The second kappa shape index (κ2) is 6.41. The molecule has 0 aliphatic carbocycles. The van der Waals surface area contributed by atoms with Crippen molar-refractivity contribution < 1.29 is 9.47 Å². The standard InChI is InChI=1S/C14H16BrNO2S/c1-17-12-5-3-4-9(14(12)18-2)11(16)8-13-10(15)6-7-19-13/h3-7,11H,8,16H2,1-2H3. The zero-order valence-corrected chi connectivity index (χ0v) is 13.3. The van der Waals surface area contributed by atoms with Gasteiger partial charge in [-0.2, -0.15) is 0 Å². The summed E-state index contributed by atoms with van der Waals surface area (Å²) in [4.78, 5) is 1.23. The molecule has 2 N–H and O–H groups in total. The van der Waals surface area contributed by atoms with Gasteiger partial charge >= 0.3 is 0 Å². The van der Waals surface area contributed by atoms with E-state index in [0.717, 1.165) is 16.5 Å². The van der Waals surface area contributed by atoms with E-state index in [-0.39, 0.29) is 6.04 Å². The van der Waals surface area contributed by atoms with E-state index >= 15 is 0 Å². The van der Waals surface area contributed by atoms with Crippen molar-refractivity contribution in [1.82, 2.24) is 0 Å². The Morgan fingerprint density at radius 1 is 1.26 bits per heavy atom. The smallest absolute Gasteiger partial charge is 0.165 e. The Morgan fingerprint density at radius 2 is 2.05 bits per heavy atom. The number of rotatable bonds is 5. The van der Waals surface area contributed by atoms with Crippen LogP contribution in [0.15, 0.2) is 34.1 Å². The predicted molar refractivity (Wildman–Crippen MR) is 82.2 cm³/mol. The van der Waals surface area contributed by atoms with Gasteiger partial charge in [0.05, 0.1) is 14.2 Å². The highest BCUT2D eigenvalue weighted by molar-refractivity contribution is 9.10. The minimum atomic E-state index is -0.125. The van der Waals surface area contributed by atoms with Crippen molar-refractivity contribution in [3.05, 3.63) is 44.6 Å². The first-order valence-electron chi connectivity index (χ1n) is 5.85. The molecule has 1 heterocycles. The van der Waals surface area contributed by atoms with Crippen molar-refractivity contribution >= 4 is 27.3 Å². The Kier molecular flexibility index (Phi) is 4.85. The molecule has 1 aromatic carbocycles. The van der Waals surface area contributed by atoms with Gasteiger partial charge in [-0.1, -0.05) is 12.1 Å². The molecule has 1 aromatic heterocycles. The van der Waals surface area contributed by atoms with Gasteiger partial charge in [0.2, 0.25) is 0 Å². The van der Waals surface area contributed by atoms with E-state index in [4.69, 9.17) is 15.2 Å². The number of para-hydroxylation sites is 1. The summed E-state index contributed by atoms with van der Waals surface area (Å²) in [5.74, 6) is 1.42. The highest BCUT2D eigenvalue weighted by Gasteiger charge is 2.17. The van der Waals surface area contributed by atoms with Crippen molar-refractivity contribution in [2.75, 3.05) is 14.2 Å². The van der Waals surface area contributed by atoms with Crippen molar-refractivity contribution in [3.8, 4) is 11.5 Å². The molecule has 2 aromatic rings. The molecule has 0 saturated carbocycles. The molecule has 0 aliphatic rings. The second-order valence-corrected chi connectivity index (χ2v) is 5.94. The van der Waals surface area contributed by atoms with Crippen LogP contribution >= 0.6 is 27.3 Å². The molecular weight excluding hydrogens is 326 g/mol. The maximum absolute atomic E-state index is 6.31. The van der Waals surface area contributed by atoms with E-state index in [9.17, 15) is 0 Å². The number of ether oxygens (including phenoxy) is 2. The summed E-state index contributed by atoms with van der Waals surface area (Å²) in [6.45, 7) is 0. The monoisotopic (exact) mass is 341 g/mol. The summed E-state index contributed by atoms with van der Waals surface area (Å²) in [6, 6.07) is 7.69. The number of nitrogens with two attached hydrogens (primary N) is 1. The summed E-state index contributed by atoms with van der Waals surface area (Å²) >= 11 is 5.23. The van der Waals surface area contributed by atoms with E-state index in [1.165, 1.54) is 4.88 Å². The van der Waals surface area contributed by atoms with Crippen LogP contribution < -0.4 is 15.2 Å². The van der Waals surface area contributed by atoms with Crippen LogP contribution in [0, 0.1) is 0 Å². The Hall–Kier alpha value is -1.04. The molecule has 0 fully saturated rings. The molecule has 0 bridgehead atoms. The van der Waals surface area contributed by atoms with Gasteiger partial charge < -0.3 is 15.2 Å². The van der Waals surface area contributed by atoms with Gasteiger partial charge in [0, 0.05) is 27.4 Å². The number of hydrogen-bond acceptors (Lipinski definition) is 4. The molecule has 0 saturated heterocycles. The first kappa shape index (κ1) is 14.4. The first-order valence-corrected chi connectivity index (χ1v) is 7.53. The number of benzene rings is 1. The van der Waals surface area contributed by atoms with E-state index < -0.39 is 0 Å². The second-order valence-electron chi connectivity index (χ2n) is 4.09. The minimum Gasteiger partial charge on any atom is -0.493 e.